The van der Waals surface area contributed by atoms with Crippen molar-refractivity contribution in [2.75, 3.05) is 6.54 Å². The van der Waals surface area contributed by atoms with Gasteiger partial charge in [0.05, 0.1) is 0 Å². The summed E-state index contributed by atoms with van der Waals surface area (Å²) in [6.07, 6.45) is 8.69. The molecule has 0 heterocycles. The summed E-state index contributed by atoms with van der Waals surface area (Å²) in [5.41, 5.74) is 2.66. The first kappa shape index (κ1) is 17.0. The van der Waals surface area contributed by atoms with Gasteiger partial charge in [0.1, 0.15) is 5.78 Å². The second-order valence-corrected chi connectivity index (χ2v) is 3.78. The predicted molar refractivity (Wildman–Crippen MR) is 66.5 cm³/mol. The van der Waals surface area contributed by atoms with Gasteiger partial charge in [-0.05, 0) is 13.3 Å². The van der Waals surface area contributed by atoms with Crippen LogP contribution in [0.2, 0.25) is 0 Å². The van der Waals surface area contributed by atoms with Crippen molar-refractivity contribution in [2.24, 2.45) is 5.84 Å². The number of nitrogens with two attached hydrogens (primary N) is 1. The topological polar surface area (TPSA) is 55.1 Å². The summed E-state index contributed by atoms with van der Waals surface area (Å²) in [4.78, 5) is 9.81. The van der Waals surface area contributed by atoms with Gasteiger partial charge < -0.3 is 4.79 Å². The van der Waals surface area contributed by atoms with Gasteiger partial charge >= 0.3 is 0 Å². The Morgan fingerprint density at radius 3 is 1.93 bits per heavy atom. The molecule has 15 heavy (non-hydrogen) atoms. The molecule has 0 aliphatic rings. The van der Waals surface area contributed by atoms with Crippen LogP contribution in [0.5, 0.6) is 0 Å². The number of hydrazine groups is 1. The van der Waals surface area contributed by atoms with Crippen molar-refractivity contribution in [1.29, 1.82) is 0 Å². The maximum absolute atomic E-state index is 9.81. The summed E-state index contributed by atoms with van der Waals surface area (Å²) in [6, 6.07) is 0. The first-order valence-electron chi connectivity index (χ1n) is 6.11. The van der Waals surface area contributed by atoms with Crippen LogP contribution < -0.4 is 11.3 Å². The molecule has 0 spiro atoms. The van der Waals surface area contributed by atoms with Crippen molar-refractivity contribution in [3.05, 3.63) is 0 Å². The van der Waals surface area contributed by atoms with E-state index in [0.717, 1.165) is 6.54 Å². The summed E-state index contributed by atoms with van der Waals surface area (Å²) in [5.74, 6) is 5.37. The molecule has 0 aromatic heterocycles. The fraction of sp³-hybridized carbons (Fsp3) is 0.917. The molecule has 3 nitrogen and oxygen atoms in total. The molecule has 0 aliphatic carbocycles. The van der Waals surface area contributed by atoms with Crippen LogP contribution in [-0.4, -0.2) is 12.3 Å². The minimum absolute atomic E-state index is 0.255. The Labute approximate surface area is 94.8 Å². The van der Waals surface area contributed by atoms with Crippen LogP contribution in [0.15, 0.2) is 0 Å². The molecule has 0 saturated carbocycles. The largest absolute Gasteiger partial charge is 0.300 e. The van der Waals surface area contributed by atoms with Crippen LogP contribution in [0.4, 0.5) is 0 Å². The number of ketones is 1. The van der Waals surface area contributed by atoms with Crippen molar-refractivity contribution >= 4 is 5.78 Å². The molecular weight excluding hydrogens is 188 g/mol. The summed E-state index contributed by atoms with van der Waals surface area (Å²) in [7, 11) is 0. The first-order valence-corrected chi connectivity index (χ1v) is 6.11. The standard InChI is InChI=1S/C8H20N2.C4H8O/c1-2-3-4-5-6-7-8-10-9;1-3-4(2)5/h10H,2-9H2,1H3;3H2,1-2H3. The Bertz CT molecular complexity index is 119. The van der Waals surface area contributed by atoms with Crippen LogP contribution in [0.3, 0.4) is 0 Å². The lowest BCUT2D eigenvalue weighted by molar-refractivity contribution is -0.116. The van der Waals surface area contributed by atoms with Crippen molar-refractivity contribution in [3.63, 3.8) is 0 Å². The molecule has 92 valence electrons. The van der Waals surface area contributed by atoms with Gasteiger partial charge in [0.15, 0.2) is 0 Å². The SMILES string of the molecule is CCC(C)=O.CCCCCCCCNN. The van der Waals surface area contributed by atoms with Crippen LogP contribution in [-0.2, 0) is 4.79 Å². The van der Waals surface area contributed by atoms with E-state index < -0.39 is 0 Å². The molecule has 0 bridgehead atoms. The van der Waals surface area contributed by atoms with Crippen LogP contribution in [0.25, 0.3) is 0 Å². The number of hydrogen-bond donors (Lipinski definition) is 2. The third-order valence-corrected chi connectivity index (χ3v) is 2.17. The number of carbonyl (C=O) groups is 1. The van der Waals surface area contributed by atoms with E-state index in [0.29, 0.717) is 6.42 Å². The zero-order valence-corrected chi connectivity index (χ0v) is 10.6. The summed E-state index contributed by atoms with van der Waals surface area (Å²) < 4.78 is 0. The molecule has 0 fully saturated rings. The lowest BCUT2D eigenvalue weighted by atomic mass is 10.1. The van der Waals surface area contributed by atoms with Gasteiger partial charge in [-0.15, -0.1) is 0 Å². The van der Waals surface area contributed by atoms with E-state index in [4.69, 9.17) is 5.84 Å². The maximum Gasteiger partial charge on any atom is 0.129 e. The predicted octanol–water partition coefficient (Wildman–Crippen LogP) is 2.80. The highest BCUT2D eigenvalue weighted by Crippen LogP contribution is 2.03. The summed E-state index contributed by atoms with van der Waals surface area (Å²) >= 11 is 0. The van der Waals surface area contributed by atoms with Gasteiger partial charge in [0.25, 0.3) is 0 Å². The van der Waals surface area contributed by atoms with E-state index in [9.17, 15) is 4.79 Å². The fourth-order valence-corrected chi connectivity index (χ4v) is 1.01. The molecule has 0 atom stereocenters. The van der Waals surface area contributed by atoms with E-state index in [1.165, 1.54) is 38.5 Å². The summed E-state index contributed by atoms with van der Waals surface area (Å²) in [6.45, 7) is 6.63. The van der Waals surface area contributed by atoms with Crippen molar-refractivity contribution < 1.29 is 4.79 Å². The number of nitrogens with one attached hydrogen (secondary N) is 1. The highest BCUT2D eigenvalue weighted by molar-refractivity contribution is 5.74. The second kappa shape index (κ2) is 16.0. The van der Waals surface area contributed by atoms with Crippen LogP contribution in [0, 0.1) is 0 Å². The highest BCUT2D eigenvalue weighted by atomic mass is 16.1. The molecule has 0 aromatic rings. The Morgan fingerprint density at radius 2 is 1.53 bits per heavy atom. The lowest BCUT2D eigenvalue weighted by Gasteiger charge is -1.98. The summed E-state index contributed by atoms with van der Waals surface area (Å²) in [5, 5.41) is 0. The molecule has 0 saturated heterocycles. The van der Waals surface area contributed by atoms with Gasteiger partial charge in [-0.2, -0.15) is 0 Å². The molecule has 3 N–H and O–H groups in total. The molecule has 0 aliphatic heterocycles. The monoisotopic (exact) mass is 216 g/mol. The molecule has 0 amide bonds. The van der Waals surface area contributed by atoms with E-state index in [1.54, 1.807) is 6.92 Å². The van der Waals surface area contributed by atoms with E-state index in [1.807, 2.05) is 6.92 Å². The lowest BCUT2D eigenvalue weighted by Crippen LogP contribution is -2.22. The smallest absolute Gasteiger partial charge is 0.129 e. The van der Waals surface area contributed by atoms with Gasteiger partial charge in [-0.1, -0.05) is 46.0 Å². The van der Waals surface area contributed by atoms with Crippen molar-refractivity contribution in [2.45, 2.75) is 65.7 Å². The Balaban J connectivity index is 0. The minimum atomic E-state index is 0.255. The number of Topliss-reactive ketones (excluding diaryl/α,β-unsaturated/α-hetero) is 1. The van der Waals surface area contributed by atoms with Gasteiger partial charge in [0.2, 0.25) is 0 Å². The third kappa shape index (κ3) is 24.7. The van der Waals surface area contributed by atoms with Crippen molar-refractivity contribution in [3.8, 4) is 0 Å². The van der Waals surface area contributed by atoms with E-state index in [-0.39, 0.29) is 5.78 Å². The maximum atomic E-state index is 9.81. The number of rotatable bonds is 8. The third-order valence-electron chi connectivity index (χ3n) is 2.17. The highest BCUT2D eigenvalue weighted by Gasteiger charge is 1.87. The Kier molecular flexibility index (Phi) is 18.2. The molecule has 3 heteroatoms. The van der Waals surface area contributed by atoms with Crippen LogP contribution >= 0.6 is 0 Å². The molecule has 0 aromatic carbocycles. The van der Waals surface area contributed by atoms with E-state index >= 15 is 0 Å². The zero-order valence-electron chi connectivity index (χ0n) is 10.6. The molecule has 0 rings (SSSR count). The average molecular weight is 216 g/mol. The van der Waals surface area contributed by atoms with Crippen molar-refractivity contribution in [1.82, 2.24) is 5.43 Å². The molecule has 0 radical (unpaired) electrons. The van der Waals surface area contributed by atoms with Gasteiger partial charge in [0, 0.05) is 13.0 Å². The molecule has 0 unspecified atom stereocenters. The molecular formula is C12H28N2O. The van der Waals surface area contributed by atoms with Gasteiger partial charge in [-0.25, -0.2) is 0 Å². The average Bonchev–Trinajstić information content (AvgIpc) is 2.24. The second-order valence-electron chi connectivity index (χ2n) is 3.78. The first-order chi connectivity index (χ1) is 7.18. The Hall–Kier alpha value is -0.410. The number of carbonyl (C=O) groups excluding carboxylic acids is 1. The van der Waals surface area contributed by atoms with Gasteiger partial charge in [-0.3, -0.25) is 11.3 Å². The Morgan fingerprint density at radius 1 is 1.07 bits per heavy atom. The number of unbranched alkanes of at least 4 members (excludes halogenated alkanes) is 5. The van der Waals surface area contributed by atoms with E-state index in [2.05, 4.69) is 12.3 Å². The zero-order chi connectivity index (χ0) is 11.9. The minimum Gasteiger partial charge on any atom is -0.300 e. The fourth-order valence-electron chi connectivity index (χ4n) is 1.01. The quantitative estimate of drug-likeness (QED) is 0.373. The number of hydrogen-bond acceptors (Lipinski definition) is 3. The van der Waals surface area contributed by atoms with Crippen LogP contribution in [0.1, 0.15) is 65.7 Å². The normalized spacial score (nSPS) is 9.33.